The van der Waals surface area contributed by atoms with Gasteiger partial charge in [-0.1, -0.05) is 46.4 Å². The van der Waals surface area contributed by atoms with Crippen molar-refractivity contribution in [2.75, 3.05) is 13.1 Å². The van der Waals surface area contributed by atoms with Crippen molar-refractivity contribution in [3.63, 3.8) is 0 Å². The molecule has 8 aromatic rings. The van der Waals surface area contributed by atoms with Crippen molar-refractivity contribution in [3.8, 4) is 43.8 Å². The van der Waals surface area contributed by atoms with Gasteiger partial charge in [-0.25, -0.2) is 22.9 Å². The Morgan fingerprint density at radius 3 is 1.51 bits per heavy atom. The quantitative estimate of drug-likeness (QED) is 0.0742. The number of nitrogens with one attached hydrogen (secondary N) is 1. The number of fused-ring (bicyclic) bond motifs is 2. The predicted octanol–water partition coefficient (Wildman–Crippen LogP) is 13.7. The smallest absolute Gasteiger partial charge is 0.328 e. The average molecular weight is 1200 g/mol. The third kappa shape index (κ3) is 13.9. The number of hydrogen-bond donors (Lipinski definition) is 3. The fourth-order valence-corrected chi connectivity index (χ4v) is 11.2. The first kappa shape index (κ1) is 59.0. The molecule has 0 saturated heterocycles. The Kier molecular flexibility index (Phi) is 19.6. The van der Waals surface area contributed by atoms with E-state index in [4.69, 9.17) is 66.7 Å². The van der Waals surface area contributed by atoms with Crippen LogP contribution in [-0.4, -0.2) is 73.4 Å². The van der Waals surface area contributed by atoms with Crippen LogP contribution < -0.4 is 20.5 Å². The fourth-order valence-electron chi connectivity index (χ4n) is 8.16. The maximum absolute atomic E-state index is 13.2. The summed E-state index contributed by atoms with van der Waals surface area (Å²) < 4.78 is 40.7. The summed E-state index contributed by atoms with van der Waals surface area (Å²) >= 11 is 28.3. The van der Waals surface area contributed by atoms with Crippen molar-refractivity contribution in [1.82, 2.24) is 24.9 Å². The third-order valence-corrected chi connectivity index (χ3v) is 15.7. The molecule has 0 aliphatic carbocycles. The molecule has 10 rings (SSSR count). The molecule has 404 valence electrons. The van der Waals surface area contributed by atoms with Crippen molar-refractivity contribution in [3.05, 3.63) is 185 Å². The van der Waals surface area contributed by atoms with E-state index in [1.54, 1.807) is 58.0 Å². The molecule has 2 atom stereocenters. The lowest BCUT2D eigenvalue weighted by Crippen LogP contribution is -2.33. The molecule has 4 aromatic carbocycles. The van der Waals surface area contributed by atoms with Crippen LogP contribution in [0.1, 0.15) is 66.8 Å². The molecule has 2 aliphatic rings. The number of carbonyl (C=O) groups is 4. The number of nitrogens with two attached hydrogens (primary N) is 1. The summed E-state index contributed by atoms with van der Waals surface area (Å²) in [7, 11) is 0. The number of carboxylic acid groups (broad SMARTS) is 1. The predicted molar refractivity (Wildman–Crippen MR) is 307 cm³/mol. The number of carboxylic acids is 1. The Morgan fingerprint density at radius 2 is 1.10 bits per heavy atom. The van der Waals surface area contributed by atoms with Gasteiger partial charge in [-0.2, -0.15) is 10.2 Å². The van der Waals surface area contributed by atoms with E-state index in [-0.39, 0.29) is 58.9 Å². The van der Waals surface area contributed by atoms with Crippen LogP contribution in [-0.2, 0) is 22.4 Å². The number of benzene rings is 4. The Morgan fingerprint density at radius 1 is 0.679 bits per heavy atom. The van der Waals surface area contributed by atoms with Crippen LogP contribution in [0.15, 0.2) is 109 Å². The summed E-state index contributed by atoms with van der Waals surface area (Å²) in [5.74, 6) is -0.607. The second kappa shape index (κ2) is 25.9. The van der Waals surface area contributed by atoms with E-state index < -0.39 is 5.97 Å². The van der Waals surface area contributed by atoms with Crippen LogP contribution in [0.2, 0.25) is 20.4 Å². The largest absolute Gasteiger partial charge is 0.487 e. The molecule has 4 aromatic heterocycles. The van der Waals surface area contributed by atoms with E-state index in [9.17, 15) is 28.0 Å². The van der Waals surface area contributed by atoms with Gasteiger partial charge >= 0.3 is 5.97 Å². The minimum absolute atomic E-state index is 0. The van der Waals surface area contributed by atoms with Gasteiger partial charge in [0.2, 0.25) is 5.91 Å². The lowest BCUT2D eigenvalue weighted by Gasteiger charge is -2.11. The monoisotopic (exact) mass is 1190 g/mol. The molecule has 6 heterocycles. The summed E-state index contributed by atoms with van der Waals surface area (Å²) in [6.07, 6.45) is 6.48. The highest BCUT2D eigenvalue weighted by Crippen LogP contribution is 2.43. The van der Waals surface area contributed by atoms with Gasteiger partial charge in [0.1, 0.15) is 45.6 Å². The molecule has 1 amide bonds. The van der Waals surface area contributed by atoms with Gasteiger partial charge in [0.05, 0.1) is 49.1 Å². The van der Waals surface area contributed by atoms with Gasteiger partial charge in [0.25, 0.3) is 0 Å². The number of halogens is 7. The third-order valence-electron chi connectivity index (χ3n) is 12.0. The molecule has 78 heavy (non-hydrogen) atoms. The zero-order chi connectivity index (χ0) is 55.2. The molecule has 0 saturated carbocycles. The fraction of sp³-hybridized carbons (Fsp3) is 0.179. The number of ether oxygens (including phenoxy) is 2. The van der Waals surface area contributed by atoms with Crippen molar-refractivity contribution >= 4 is 117 Å². The normalized spacial score (nSPS) is 14.1. The van der Waals surface area contributed by atoms with E-state index in [0.717, 1.165) is 55.1 Å². The molecule has 2 unspecified atom stereocenters. The topological polar surface area (TPSA) is 181 Å². The molecule has 22 heteroatoms. The van der Waals surface area contributed by atoms with Gasteiger partial charge in [0.15, 0.2) is 11.6 Å². The van der Waals surface area contributed by atoms with Crippen molar-refractivity contribution in [1.29, 1.82) is 0 Å². The second-order valence-corrected chi connectivity index (χ2v) is 21.3. The van der Waals surface area contributed by atoms with E-state index in [1.807, 2.05) is 42.5 Å². The molecule has 0 bridgehead atoms. The minimum atomic E-state index is -1.06. The number of aryl methyl sites for hydroxylation is 2. The summed E-state index contributed by atoms with van der Waals surface area (Å²) in [5, 5.41) is 21.8. The molecular formula is C56H47Cl5F2N6O7S2. The molecule has 0 radical (unpaired) electrons. The first-order chi connectivity index (χ1) is 36.8. The van der Waals surface area contributed by atoms with Gasteiger partial charge in [0, 0.05) is 63.5 Å². The Bertz CT molecular complexity index is 3610. The summed E-state index contributed by atoms with van der Waals surface area (Å²) in [6.45, 7) is 7.39. The Balaban J connectivity index is 0.000000186. The molecule has 13 nitrogen and oxygen atoms in total. The Labute approximate surface area is 481 Å². The number of ketones is 2. The molecule has 0 spiro atoms. The van der Waals surface area contributed by atoms with E-state index in [0.29, 0.717) is 79.2 Å². The van der Waals surface area contributed by atoms with Gasteiger partial charge in [-0.15, -0.1) is 35.1 Å². The summed E-state index contributed by atoms with van der Waals surface area (Å²) in [5.41, 5.74) is 13.2. The Hall–Kier alpha value is -6.67. The zero-order valence-corrected chi connectivity index (χ0v) is 47.3. The number of carbonyl (C=O) groups excluding carboxylic acids is 3. The van der Waals surface area contributed by atoms with Crippen molar-refractivity contribution < 1.29 is 42.5 Å². The molecule has 2 aliphatic heterocycles. The molecule has 4 N–H and O–H groups in total. The second-order valence-electron chi connectivity index (χ2n) is 17.6. The highest BCUT2D eigenvalue weighted by atomic mass is 35.5. The highest BCUT2D eigenvalue weighted by Gasteiger charge is 2.28. The zero-order valence-electron chi connectivity index (χ0n) is 41.8. The molecule has 0 fully saturated rings. The first-order valence-corrected chi connectivity index (χ1v) is 26.7. The van der Waals surface area contributed by atoms with Gasteiger partial charge < -0.3 is 25.6 Å². The average Bonchev–Trinajstić information content (AvgIpc) is 4.30. The van der Waals surface area contributed by atoms with Gasteiger partial charge in [-0.05, 0) is 148 Å². The summed E-state index contributed by atoms with van der Waals surface area (Å²) in [4.78, 5) is 49.5. The van der Waals surface area contributed by atoms with Gasteiger partial charge in [-0.3, -0.25) is 14.4 Å². The lowest BCUT2D eigenvalue weighted by atomic mass is 10.1. The number of Topliss-reactive ketones (excluding diaryl/α,β-unsaturated/α-hetero) is 2. The first-order valence-electron chi connectivity index (χ1n) is 23.6. The van der Waals surface area contributed by atoms with Crippen LogP contribution >= 0.6 is 81.5 Å². The number of nitrogens with zero attached hydrogens (tertiary/aromatic N) is 4. The maximum Gasteiger partial charge on any atom is 0.328 e. The SMILES string of the molecule is CC(=O)c1ccc(-c2cc(Cl)c3c(c2)CC(CN)O3)s1.CC(=O)c1ccc(-c2cc(Cl)c3c(c2)CC(CNC(=O)/C=C/c2c(C)nn(-c4ccc(F)cc4)c2Cl)O3)s1.Cc1nn(-c2ccc(F)cc2)c(Cl)c1/C=C/C(=O)O.Cl. The number of hydrogen-bond acceptors (Lipinski definition) is 11. The van der Waals surface area contributed by atoms with E-state index >= 15 is 0 Å². The lowest BCUT2D eigenvalue weighted by molar-refractivity contribution is -0.131. The van der Waals surface area contributed by atoms with Crippen LogP contribution in [0.3, 0.4) is 0 Å². The number of rotatable bonds is 13. The van der Waals surface area contributed by atoms with E-state index in [1.165, 1.54) is 68.5 Å². The number of thiophene rings is 2. The van der Waals surface area contributed by atoms with E-state index in [2.05, 4.69) is 21.6 Å². The standard InChI is InChI=1S/C28H22Cl2FN3O3S.C15H14ClNO2S.C13H10ClFN2O2.ClH/c1-15-22(28(30)34(33-15)20-5-3-19(31)4-6-20)7-10-26(36)32-14-21-12-18-11-17(13-23(29)27(18)37-21)25-9-8-24(38-25)16(2)35;1-8(18)13-2-3-14(20-13)9-4-10-5-11(7-17)19-15(10)12(16)6-9;1-8-11(6-7-12(18)19)13(14)17(16-8)10-4-2-9(15)3-5-10;/h3-11,13,21H,12,14H2,1-2H3,(H,32,36);2-4,6,11H,5,7,17H2,1H3;2-7H,1H3,(H,18,19);1H/b10-7+;;7-6+;. The van der Waals surface area contributed by atoms with Crippen LogP contribution in [0, 0.1) is 25.5 Å². The minimum Gasteiger partial charge on any atom is -0.487 e. The maximum atomic E-state index is 13.2. The van der Waals surface area contributed by atoms with Crippen molar-refractivity contribution in [2.24, 2.45) is 5.73 Å². The van der Waals surface area contributed by atoms with Crippen molar-refractivity contribution in [2.45, 2.75) is 52.7 Å². The summed E-state index contributed by atoms with van der Waals surface area (Å²) in [6, 6.07) is 26.8. The van der Waals surface area contributed by atoms with Crippen LogP contribution in [0.25, 0.3) is 44.4 Å². The number of aliphatic carboxylic acids is 1. The van der Waals surface area contributed by atoms with Crippen LogP contribution in [0.5, 0.6) is 11.5 Å². The highest BCUT2D eigenvalue weighted by molar-refractivity contribution is 7.17. The molecular weight excluding hydrogens is 1150 g/mol. The van der Waals surface area contributed by atoms with Crippen LogP contribution in [0.4, 0.5) is 8.78 Å². The number of aromatic nitrogens is 4. The number of amides is 1.